The van der Waals surface area contributed by atoms with Gasteiger partial charge >= 0.3 is 24.1 Å². The van der Waals surface area contributed by atoms with Crippen molar-refractivity contribution < 1.29 is 38.5 Å². The van der Waals surface area contributed by atoms with Crippen LogP contribution in [0.5, 0.6) is 0 Å². The molecule has 2 amide bonds. The van der Waals surface area contributed by atoms with E-state index in [2.05, 4.69) is 5.32 Å². The summed E-state index contributed by atoms with van der Waals surface area (Å²) in [6.07, 6.45) is 1.26. The molecule has 11 heteroatoms. The molecular weight excluding hydrogens is 650 g/mol. The number of aliphatic carboxylic acids is 1. The molecule has 0 spiro atoms. The molecular formula is C40H57N3O8. The standard InChI is InChI=1S/C40H57N3O8/c1-38(2,3)49-35(46)33(29-17-19-43(25-29)37(48)51-40(7,8)9)23-27-13-11-15-31(21-27)41-30-14-10-12-26(20-30)22-32(34(44)45)28-16-18-42(24-28)36(47)50-39(4,5)6/h10-15,20-21,28-29,32-33,41H,16-19,22-25H2,1-9H3,(H,44,45)/t28-,29-,32-,33-/m0/s1. The molecule has 2 fully saturated rings. The van der Waals surface area contributed by atoms with Gasteiger partial charge in [-0.3, -0.25) is 9.59 Å². The number of likely N-dealkylation sites (tertiary alicyclic amines) is 2. The zero-order valence-corrected chi connectivity index (χ0v) is 31.8. The fourth-order valence-corrected chi connectivity index (χ4v) is 6.72. The number of benzene rings is 2. The van der Waals surface area contributed by atoms with E-state index in [1.807, 2.05) is 111 Å². The number of esters is 1. The molecule has 2 aliphatic heterocycles. The largest absolute Gasteiger partial charge is 0.481 e. The lowest BCUT2D eigenvalue weighted by Crippen LogP contribution is -2.38. The number of nitrogens with one attached hydrogen (secondary N) is 1. The summed E-state index contributed by atoms with van der Waals surface area (Å²) in [5.74, 6) is -2.54. The minimum Gasteiger partial charge on any atom is -0.481 e. The Morgan fingerprint density at radius 2 is 1.10 bits per heavy atom. The van der Waals surface area contributed by atoms with Crippen LogP contribution in [0.4, 0.5) is 21.0 Å². The number of hydrogen-bond acceptors (Lipinski definition) is 8. The average molecular weight is 708 g/mol. The predicted octanol–water partition coefficient (Wildman–Crippen LogP) is 7.69. The third kappa shape index (κ3) is 12.2. The topological polar surface area (TPSA) is 135 Å². The van der Waals surface area contributed by atoms with E-state index in [4.69, 9.17) is 14.2 Å². The molecule has 2 aromatic carbocycles. The summed E-state index contributed by atoms with van der Waals surface area (Å²) >= 11 is 0. The normalized spacial score (nSPS) is 19.3. The Kier molecular flexibility index (Phi) is 12.4. The quantitative estimate of drug-likeness (QED) is 0.188. The van der Waals surface area contributed by atoms with Gasteiger partial charge in [0.05, 0.1) is 11.8 Å². The number of carbonyl (C=O) groups is 4. The summed E-state index contributed by atoms with van der Waals surface area (Å²) in [6.45, 7) is 18.3. The summed E-state index contributed by atoms with van der Waals surface area (Å²) in [5, 5.41) is 13.6. The molecule has 2 aromatic rings. The van der Waals surface area contributed by atoms with E-state index in [1.54, 1.807) is 9.80 Å². The van der Waals surface area contributed by atoms with Crippen molar-refractivity contribution in [1.82, 2.24) is 9.80 Å². The van der Waals surface area contributed by atoms with Crippen LogP contribution >= 0.6 is 0 Å². The van der Waals surface area contributed by atoms with E-state index in [1.165, 1.54) is 0 Å². The number of carboxylic acids is 1. The molecule has 0 radical (unpaired) electrons. The number of carbonyl (C=O) groups excluding carboxylic acids is 3. The van der Waals surface area contributed by atoms with Crippen molar-refractivity contribution >= 4 is 35.5 Å². The summed E-state index contributed by atoms with van der Waals surface area (Å²) < 4.78 is 17.0. The van der Waals surface area contributed by atoms with E-state index >= 15 is 0 Å². The summed E-state index contributed by atoms with van der Waals surface area (Å²) in [7, 11) is 0. The van der Waals surface area contributed by atoms with Crippen LogP contribution in [-0.2, 0) is 36.6 Å². The maximum Gasteiger partial charge on any atom is 0.410 e. The molecule has 11 nitrogen and oxygen atoms in total. The molecule has 2 heterocycles. The molecule has 0 bridgehead atoms. The van der Waals surface area contributed by atoms with Crippen molar-refractivity contribution in [2.24, 2.45) is 23.7 Å². The average Bonchev–Trinajstić information content (AvgIpc) is 3.67. The van der Waals surface area contributed by atoms with Crippen molar-refractivity contribution in [1.29, 1.82) is 0 Å². The van der Waals surface area contributed by atoms with Crippen LogP contribution < -0.4 is 5.32 Å². The maximum atomic E-state index is 13.6. The van der Waals surface area contributed by atoms with Crippen molar-refractivity contribution in [3.05, 3.63) is 59.7 Å². The van der Waals surface area contributed by atoms with E-state index in [-0.39, 0.29) is 23.9 Å². The fourth-order valence-electron chi connectivity index (χ4n) is 6.72. The van der Waals surface area contributed by atoms with Crippen molar-refractivity contribution in [2.75, 3.05) is 31.5 Å². The van der Waals surface area contributed by atoms with Crippen molar-refractivity contribution in [3.8, 4) is 0 Å². The number of rotatable bonds is 10. The Morgan fingerprint density at radius 1 is 0.686 bits per heavy atom. The monoisotopic (exact) mass is 707 g/mol. The van der Waals surface area contributed by atoms with Crippen LogP contribution in [0.3, 0.4) is 0 Å². The molecule has 280 valence electrons. The van der Waals surface area contributed by atoms with Gasteiger partial charge in [0.2, 0.25) is 0 Å². The van der Waals surface area contributed by atoms with Gasteiger partial charge < -0.3 is 34.4 Å². The van der Waals surface area contributed by atoms with Gasteiger partial charge in [-0.25, -0.2) is 9.59 Å². The highest BCUT2D eigenvalue weighted by molar-refractivity contribution is 5.75. The van der Waals surface area contributed by atoms with Crippen LogP contribution in [-0.4, -0.2) is 82.0 Å². The highest BCUT2D eigenvalue weighted by Crippen LogP contribution is 2.33. The minimum atomic E-state index is -0.881. The Hall–Kier alpha value is -4.28. The Labute approximate surface area is 303 Å². The number of anilines is 2. The number of amides is 2. The Bertz CT molecular complexity index is 1550. The molecule has 0 saturated carbocycles. The van der Waals surface area contributed by atoms with Crippen LogP contribution in [0.25, 0.3) is 0 Å². The maximum absolute atomic E-state index is 13.6. The second kappa shape index (κ2) is 15.9. The second-order valence-electron chi connectivity index (χ2n) is 17.0. The summed E-state index contributed by atoms with van der Waals surface area (Å²) in [4.78, 5) is 54.7. The predicted molar refractivity (Wildman–Crippen MR) is 196 cm³/mol. The van der Waals surface area contributed by atoms with Crippen molar-refractivity contribution in [2.45, 2.75) is 105 Å². The zero-order valence-electron chi connectivity index (χ0n) is 31.8. The first kappa shape index (κ1) is 39.5. The van der Waals surface area contributed by atoms with Gasteiger partial charge in [0.25, 0.3) is 0 Å². The highest BCUT2D eigenvalue weighted by atomic mass is 16.6. The SMILES string of the molecule is CC(C)(C)OC(=O)[C@@H](Cc1cccc(Nc2cccc(C[C@H](C(=O)O)[C@H]3CCN(C(=O)OC(C)(C)C)C3)c2)c1)[C@H]1CCN(C(=O)OC(C)(C)C)C1. The molecule has 2 saturated heterocycles. The molecule has 0 aliphatic carbocycles. The number of hydrogen-bond donors (Lipinski definition) is 2. The Morgan fingerprint density at radius 3 is 1.51 bits per heavy atom. The molecule has 2 aliphatic rings. The van der Waals surface area contributed by atoms with Gasteiger partial charge in [0, 0.05) is 37.6 Å². The molecule has 4 atom stereocenters. The van der Waals surface area contributed by atoms with Crippen LogP contribution in [0.15, 0.2) is 48.5 Å². The fraction of sp³-hybridized carbons (Fsp3) is 0.600. The minimum absolute atomic E-state index is 0.0843. The molecule has 2 N–H and O–H groups in total. The second-order valence-corrected chi connectivity index (χ2v) is 17.0. The number of nitrogens with zero attached hydrogens (tertiary/aromatic N) is 2. The lowest BCUT2D eigenvalue weighted by Gasteiger charge is -2.28. The van der Waals surface area contributed by atoms with Gasteiger partial charge in [-0.2, -0.15) is 0 Å². The molecule has 0 aromatic heterocycles. The van der Waals surface area contributed by atoms with Gasteiger partial charge in [0.1, 0.15) is 16.8 Å². The zero-order chi connectivity index (χ0) is 37.7. The summed E-state index contributed by atoms with van der Waals surface area (Å²) in [6, 6.07) is 15.6. The number of carboxylic acid groups (broad SMARTS) is 1. The smallest absolute Gasteiger partial charge is 0.410 e. The van der Waals surface area contributed by atoms with Crippen molar-refractivity contribution in [3.63, 3.8) is 0 Å². The third-order valence-electron chi connectivity index (χ3n) is 8.97. The molecule has 4 rings (SSSR count). The van der Waals surface area contributed by atoms with E-state index in [9.17, 15) is 24.3 Å². The van der Waals surface area contributed by atoms with Gasteiger partial charge in [-0.1, -0.05) is 24.3 Å². The van der Waals surface area contributed by atoms with E-state index < -0.39 is 40.7 Å². The van der Waals surface area contributed by atoms with Gasteiger partial charge in [0.15, 0.2) is 0 Å². The Balaban J connectivity index is 1.44. The van der Waals surface area contributed by atoms with Crippen LogP contribution in [0.1, 0.15) is 86.3 Å². The first-order chi connectivity index (χ1) is 23.7. The number of ether oxygens (including phenoxy) is 3. The lowest BCUT2D eigenvalue weighted by molar-refractivity contribution is -0.162. The molecule has 51 heavy (non-hydrogen) atoms. The first-order valence-electron chi connectivity index (χ1n) is 18.0. The third-order valence-corrected chi connectivity index (χ3v) is 8.97. The van der Waals surface area contributed by atoms with E-state index in [0.717, 1.165) is 22.5 Å². The van der Waals surface area contributed by atoms with Crippen LogP contribution in [0.2, 0.25) is 0 Å². The van der Waals surface area contributed by atoms with Gasteiger partial charge in [-0.05, 0) is 135 Å². The van der Waals surface area contributed by atoms with E-state index in [0.29, 0.717) is 51.9 Å². The molecule has 0 unspecified atom stereocenters. The van der Waals surface area contributed by atoms with Crippen LogP contribution in [0, 0.1) is 23.7 Å². The summed E-state index contributed by atoms with van der Waals surface area (Å²) in [5.41, 5.74) is 1.59. The lowest BCUT2D eigenvalue weighted by atomic mass is 9.85. The first-order valence-corrected chi connectivity index (χ1v) is 18.0. The van der Waals surface area contributed by atoms with Gasteiger partial charge in [-0.15, -0.1) is 0 Å². The highest BCUT2D eigenvalue weighted by Gasteiger charge is 2.40.